The van der Waals surface area contributed by atoms with Gasteiger partial charge in [0.1, 0.15) is 12.4 Å². The zero-order valence-electron chi connectivity index (χ0n) is 14.4. The molecule has 0 fully saturated rings. The minimum absolute atomic E-state index is 0.583. The van der Waals surface area contributed by atoms with Crippen LogP contribution in [0.5, 0.6) is 5.75 Å². The summed E-state index contributed by atoms with van der Waals surface area (Å²) in [6.45, 7) is 1.31. The molecule has 26 heavy (non-hydrogen) atoms. The fourth-order valence-corrected chi connectivity index (χ4v) is 3.53. The van der Waals surface area contributed by atoms with Crippen molar-refractivity contribution >= 4 is 27.4 Å². The van der Waals surface area contributed by atoms with E-state index in [1.165, 1.54) is 0 Å². The lowest BCUT2D eigenvalue weighted by atomic mass is 10.2. The van der Waals surface area contributed by atoms with Gasteiger partial charge in [-0.05, 0) is 35.7 Å². The van der Waals surface area contributed by atoms with Crippen LogP contribution in [-0.4, -0.2) is 35.2 Å². The molecule has 6 heteroatoms. The van der Waals surface area contributed by atoms with Crippen molar-refractivity contribution in [3.63, 3.8) is 0 Å². The fraction of sp³-hybridized carbons (Fsp3) is 0.150. The number of hydrogen-bond donors (Lipinski definition) is 0. The smallest absolute Gasteiger partial charge is 0.163 e. The molecule has 130 valence electrons. The van der Waals surface area contributed by atoms with Gasteiger partial charge in [0.25, 0.3) is 0 Å². The molecule has 5 nitrogen and oxygen atoms in total. The van der Waals surface area contributed by atoms with Crippen LogP contribution in [0.25, 0.3) is 21.6 Å². The molecule has 3 heterocycles. The molecule has 0 bridgehead atoms. The van der Waals surface area contributed by atoms with Crippen molar-refractivity contribution in [2.45, 2.75) is 0 Å². The Morgan fingerprint density at radius 2 is 1.92 bits per heavy atom. The number of nitrogens with zero attached hydrogens (tertiary/aromatic N) is 4. The third-order valence-corrected chi connectivity index (χ3v) is 4.91. The highest BCUT2D eigenvalue weighted by atomic mass is 32.1. The second kappa shape index (κ2) is 7.49. The molecule has 0 saturated heterocycles. The number of ether oxygens (including phenoxy) is 1. The summed E-state index contributed by atoms with van der Waals surface area (Å²) in [5.74, 6) is 2.48. The van der Waals surface area contributed by atoms with Crippen LogP contribution in [0.4, 0.5) is 5.82 Å². The lowest BCUT2D eigenvalue weighted by molar-refractivity contribution is 0.326. The number of thiophene rings is 1. The molecule has 0 spiro atoms. The van der Waals surface area contributed by atoms with E-state index in [4.69, 9.17) is 9.72 Å². The largest absolute Gasteiger partial charge is 0.492 e. The van der Waals surface area contributed by atoms with E-state index in [1.807, 2.05) is 61.0 Å². The number of hydrogen-bond acceptors (Lipinski definition) is 6. The van der Waals surface area contributed by atoms with E-state index in [2.05, 4.69) is 14.9 Å². The van der Waals surface area contributed by atoms with Crippen LogP contribution in [0, 0.1) is 0 Å². The summed E-state index contributed by atoms with van der Waals surface area (Å²) >= 11 is 1.65. The maximum atomic E-state index is 5.81. The average molecular weight is 362 g/mol. The minimum Gasteiger partial charge on any atom is -0.492 e. The van der Waals surface area contributed by atoms with E-state index in [0.29, 0.717) is 12.4 Å². The molecule has 0 aliphatic rings. The molecule has 0 atom stereocenters. The molecule has 0 radical (unpaired) electrons. The van der Waals surface area contributed by atoms with Gasteiger partial charge < -0.3 is 9.64 Å². The van der Waals surface area contributed by atoms with Gasteiger partial charge in [-0.25, -0.2) is 9.97 Å². The highest BCUT2D eigenvalue weighted by molar-refractivity contribution is 7.17. The SMILES string of the molecule is CN(CCOc1ccccc1)c1nc(-c2cccnc2)nc2ccsc12. The molecular formula is C20H18N4OS. The number of pyridine rings is 1. The van der Waals surface area contributed by atoms with Crippen LogP contribution < -0.4 is 9.64 Å². The van der Waals surface area contributed by atoms with Crippen LogP contribution in [0.1, 0.15) is 0 Å². The predicted octanol–water partition coefficient (Wildman–Crippen LogP) is 4.27. The fourth-order valence-electron chi connectivity index (χ4n) is 2.65. The highest BCUT2D eigenvalue weighted by Crippen LogP contribution is 2.30. The first-order valence-corrected chi connectivity index (χ1v) is 9.24. The van der Waals surface area contributed by atoms with Gasteiger partial charge in [0.15, 0.2) is 11.6 Å². The number of fused-ring (bicyclic) bond motifs is 1. The summed E-state index contributed by atoms with van der Waals surface area (Å²) in [5, 5.41) is 2.05. The molecule has 1 aromatic carbocycles. The summed E-state index contributed by atoms with van der Waals surface area (Å²) in [5.41, 5.74) is 1.87. The number of anilines is 1. The number of rotatable bonds is 6. The maximum Gasteiger partial charge on any atom is 0.163 e. The lowest BCUT2D eigenvalue weighted by Crippen LogP contribution is -2.25. The van der Waals surface area contributed by atoms with Crippen molar-refractivity contribution in [2.75, 3.05) is 25.1 Å². The molecule has 4 aromatic rings. The second-order valence-electron chi connectivity index (χ2n) is 5.83. The van der Waals surface area contributed by atoms with Crippen LogP contribution in [-0.2, 0) is 0 Å². The van der Waals surface area contributed by atoms with E-state index >= 15 is 0 Å². The number of benzene rings is 1. The normalized spacial score (nSPS) is 10.8. The van der Waals surface area contributed by atoms with Gasteiger partial charge in [0, 0.05) is 25.0 Å². The van der Waals surface area contributed by atoms with Crippen molar-refractivity contribution in [3.8, 4) is 17.1 Å². The van der Waals surface area contributed by atoms with Crippen molar-refractivity contribution in [1.29, 1.82) is 0 Å². The van der Waals surface area contributed by atoms with Crippen LogP contribution >= 0.6 is 11.3 Å². The third kappa shape index (κ3) is 3.50. The predicted molar refractivity (Wildman–Crippen MR) is 106 cm³/mol. The van der Waals surface area contributed by atoms with E-state index in [1.54, 1.807) is 23.7 Å². The van der Waals surface area contributed by atoms with Crippen molar-refractivity contribution < 1.29 is 4.74 Å². The molecule has 0 saturated carbocycles. The Labute approximate surface area is 155 Å². The maximum absolute atomic E-state index is 5.81. The zero-order valence-corrected chi connectivity index (χ0v) is 15.2. The second-order valence-corrected chi connectivity index (χ2v) is 6.75. The standard InChI is InChI=1S/C20H18N4OS/c1-24(11-12-25-16-7-3-2-4-8-16)20-18-17(9-13-26-18)22-19(23-20)15-6-5-10-21-14-15/h2-10,13-14H,11-12H2,1H3. The summed E-state index contributed by atoms with van der Waals surface area (Å²) in [7, 11) is 2.03. The molecule has 4 rings (SSSR count). The zero-order chi connectivity index (χ0) is 17.8. The quantitative estimate of drug-likeness (QED) is 0.513. The Bertz CT molecular complexity index is 989. The highest BCUT2D eigenvalue weighted by Gasteiger charge is 2.14. The van der Waals surface area contributed by atoms with Gasteiger partial charge in [-0.2, -0.15) is 0 Å². The van der Waals surface area contributed by atoms with Crippen LogP contribution in [0.15, 0.2) is 66.3 Å². The van der Waals surface area contributed by atoms with Crippen molar-refractivity contribution in [3.05, 3.63) is 66.3 Å². The van der Waals surface area contributed by atoms with Gasteiger partial charge in [-0.15, -0.1) is 11.3 Å². The molecular weight excluding hydrogens is 344 g/mol. The summed E-state index contributed by atoms with van der Waals surface area (Å²) in [4.78, 5) is 15.8. The first kappa shape index (κ1) is 16.5. The number of aromatic nitrogens is 3. The third-order valence-electron chi connectivity index (χ3n) is 4.01. The van der Waals surface area contributed by atoms with E-state index in [0.717, 1.165) is 33.9 Å². The number of likely N-dealkylation sites (N-methyl/N-ethyl adjacent to an activating group) is 1. The van der Waals surface area contributed by atoms with Crippen LogP contribution in [0.2, 0.25) is 0 Å². The average Bonchev–Trinajstić information content (AvgIpc) is 3.17. The molecule has 0 unspecified atom stereocenters. The van der Waals surface area contributed by atoms with Gasteiger partial charge in [0.05, 0.1) is 16.8 Å². The molecule has 0 aliphatic heterocycles. The van der Waals surface area contributed by atoms with Gasteiger partial charge in [-0.3, -0.25) is 4.98 Å². The van der Waals surface area contributed by atoms with Gasteiger partial charge in [0.2, 0.25) is 0 Å². The first-order valence-electron chi connectivity index (χ1n) is 8.36. The van der Waals surface area contributed by atoms with Gasteiger partial charge in [-0.1, -0.05) is 18.2 Å². The monoisotopic (exact) mass is 362 g/mol. The van der Waals surface area contributed by atoms with E-state index < -0.39 is 0 Å². The Kier molecular flexibility index (Phi) is 4.75. The molecule has 0 N–H and O–H groups in total. The Hall–Kier alpha value is -2.99. The van der Waals surface area contributed by atoms with E-state index in [-0.39, 0.29) is 0 Å². The molecule has 3 aromatic heterocycles. The topological polar surface area (TPSA) is 51.1 Å². The lowest BCUT2D eigenvalue weighted by Gasteiger charge is -2.19. The molecule has 0 amide bonds. The summed E-state index contributed by atoms with van der Waals surface area (Å²) in [6.07, 6.45) is 3.54. The van der Waals surface area contributed by atoms with Crippen molar-refractivity contribution in [1.82, 2.24) is 15.0 Å². The number of para-hydroxylation sites is 1. The van der Waals surface area contributed by atoms with Crippen molar-refractivity contribution in [2.24, 2.45) is 0 Å². The Morgan fingerprint density at radius 1 is 1.04 bits per heavy atom. The van der Waals surface area contributed by atoms with Crippen LogP contribution in [0.3, 0.4) is 0 Å². The Balaban J connectivity index is 1.57. The minimum atomic E-state index is 0.583. The molecule has 0 aliphatic carbocycles. The summed E-state index contributed by atoms with van der Waals surface area (Å²) in [6, 6.07) is 15.7. The van der Waals surface area contributed by atoms with Gasteiger partial charge >= 0.3 is 0 Å². The summed E-state index contributed by atoms with van der Waals surface area (Å²) < 4.78 is 6.90. The van der Waals surface area contributed by atoms with E-state index in [9.17, 15) is 0 Å². The Morgan fingerprint density at radius 3 is 2.73 bits per heavy atom. The first-order chi connectivity index (χ1) is 12.8.